The van der Waals surface area contributed by atoms with Gasteiger partial charge in [-0.15, -0.1) is 0 Å². The Balaban J connectivity index is 1.87. The molecule has 0 spiro atoms. The zero-order chi connectivity index (χ0) is 19.3. The largest absolute Gasteiger partial charge is 0.424 e. The smallest absolute Gasteiger partial charge is 0.258 e. The highest BCUT2D eigenvalue weighted by molar-refractivity contribution is 6.98. The van der Waals surface area contributed by atoms with E-state index < -0.39 is 8.32 Å². The third-order valence-electron chi connectivity index (χ3n) is 6.51. The summed E-state index contributed by atoms with van der Waals surface area (Å²) in [6, 6.07) is 22.9. The van der Waals surface area contributed by atoms with E-state index in [4.69, 9.17) is 5.26 Å². The van der Waals surface area contributed by atoms with Crippen LogP contribution in [-0.4, -0.2) is 13.1 Å². The topological polar surface area (TPSA) is 44.0 Å². The first-order valence-corrected chi connectivity index (χ1v) is 12.1. The maximum absolute atomic E-state index is 12.2. The van der Waals surface area contributed by atoms with Crippen molar-refractivity contribution in [3.63, 3.8) is 0 Å². The number of benzene rings is 2. The highest BCUT2D eigenvalue weighted by Gasteiger charge is 2.50. The van der Waals surface area contributed by atoms with Crippen molar-refractivity contribution in [3.8, 4) is 6.07 Å². The molecule has 1 saturated carbocycles. The van der Waals surface area contributed by atoms with Crippen LogP contribution in [-0.2, 0) is 0 Å². The van der Waals surface area contributed by atoms with E-state index in [0.717, 1.165) is 29.6 Å². The predicted octanol–water partition coefficient (Wildman–Crippen LogP) is 4.63. The molecule has 1 aliphatic rings. The molecular formula is C24H31NOSi. The first-order valence-electron chi connectivity index (χ1n) is 10.2. The van der Waals surface area contributed by atoms with E-state index in [9.17, 15) is 4.80 Å². The lowest BCUT2D eigenvalue weighted by Crippen LogP contribution is -2.65. The van der Waals surface area contributed by atoms with Crippen molar-refractivity contribution >= 4 is 18.7 Å². The Bertz CT molecular complexity index is 718. The number of hydrogen-bond acceptors (Lipinski definition) is 2. The number of nitriles is 1. The second kappa shape index (κ2) is 8.42. The molecule has 0 aliphatic heterocycles. The summed E-state index contributed by atoms with van der Waals surface area (Å²) in [5, 5.41) is 11.0. The molecule has 0 amide bonds. The van der Waals surface area contributed by atoms with Gasteiger partial charge in [0.25, 0.3) is 8.32 Å². The quantitative estimate of drug-likeness (QED) is 0.746. The minimum atomic E-state index is -2.90. The summed E-state index contributed by atoms with van der Waals surface area (Å²) in [5.74, 6) is 1.22. The Kier molecular flexibility index (Phi) is 6.19. The van der Waals surface area contributed by atoms with E-state index in [0.29, 0.717) is 18.3 Å². The molecule has 3 heteroatoms. The van der Waals surface area contributed by atoms with Gasteiger partial charge >= 0.3 is 0 Å². The lowest BCUT2D eigenvalue weighted by molar-refractivity contribution is 0.244. The standard InChI is InChI=1S/C24H31NOSi/c1-24(2,19-21-15-13-20(14-16-21)17-18-25)27(26,22-9-5-3-6-10-22)23-11-7-4-8-12-23/h3-12,20-21,26H,13-17,19H2,1-2H3/t20-,21+. The SMILES string of the molecule is CC(C)(C[C@H]1CC[C@@H](CC#N)CC1)[Si](O)(c1ccccc1)c1ccccc1. The molecule has 2 nitrogen and oxygen atoms in total. The van der Waals surface area contributed by atoms with E-state index in [1.165, 1.54) is 12.8 Å². The summed E-state index contributed by atoms with van der Waals surface area (Å²) in [6.07, 6.45) is 6.42. The lowest BCUT2D eigenvalue weighted by Gasteiger charge is -2.44. The Morgan fingerprint density at radius 2 is 1.33 bits per heavy atom. The molecule has 1 aliphatic carbocycles. The zero-order valence-electron chi connectivity index (χ0n) is 16.6. The normalized spacial score (nSPS) is 20.8. The predicted molar refractivity (Wildman–Crippen MR) is 114 cm³/mol. The van der Waals surface area contributed by atoms with Gasteiger partial charge in [0.05, 0.1) is 6.07 Å². The first-order chi connectivity index (χ1) is 13.0. The van der Waals surface area contributed by atoms with Crippen LogP contribution in [0.2, 0.25) is 5.04 Å². The van der Waals surface area contributed by atoms with Crippen LogP contribution >= 0.6 is 0 Å². The fourth-order valence-corrected chi connectivity index (χ4v) is 8.78. The van der Waals surface area contributed by atoms with Crippen LogP contribution < -0.4 is 10.4 Å². The van der Waals surface area contributed by atoms with E-state index in [1.54, 1.807) is 0 Å². The first kappa shape index (κ1) is 19.9. The maximum atomic E-state index is 12.2. The average Bonchev–Trinajstić information content (AvgIpc) is 2.70. The molecule has 0 heterocycles. The molecule has 2 aromatic carbocycles. The summed E-state index contributed by atoms with van der Waals surface area (Å²) in [5.41, 5.74) is 0. The van der Waals surface area contributed by atoms with Gasteiger partial charge in [0.1, 0.15) is 0 Å². The van der Waals surface area contributed by atoms with Gasteiger partial charge in [-0.3, -0.25) is 0 Å². The molecule has 0 atom stereocenters. The van der Waals surface area contributed by atoms with Gasteiger partial charge in [-0.05, 0) is 46.5 Å². The van der Waals surface area contributed by atoms with E-state index in [2.05, 4.69) is 44.2 Å². The van der Waals surface area contributed by atoms with E-state index >= 15 is 0 Å². The van der Waals surface area contributed by atoms with Crippen LogP contribution in [0.5, 0.6) is 0 Å². The monoisotopic (exact) mass is 377 g/mol. The minimum absolute atomic E-state index is 0.164. The van der Waals surface area contributed by atoms with Gasteiger partial charge in [-0.25, -0.2) is 0 Å². The van der Waals surface area contributed by atoms with Gasteiger partial charge in [-0.2, -0.15) is 5.26 Å². The van der Waals surface area contributed by atoms with Crippen molar-refractivity contribution < 1.29 is 4.80 Å². The Labute approximate surface area is 165 Å². The maximum Gasteiger partial charge on any atom is 0.258 e. The fraction of sp³-hybridized carbons (Fsp3) is 0.458. The Morgan fingerprint density at radius 3 is 1.78 bits per heavy atom. The van der Waals surface area contributed by atoms with Crippen LogP contribution in [0.25, 0.3) is 0 Å². The minimum Gasteiger partial charge on any atom is -0.424 e. The van der Waals surface area contributed by atoms with Crippen molar-refractivity contribution in [2.24, 2.45) is 11.8 Å². The molecular weight excluding hydrogens is 346 g/mol. The van der Waals surface area contributed by atoms with Crippen LogP contribution in [0.15, 0.2) is 60.7 Å². The zero-order valence-corrected chi connectivity index (χ0v) is 17.6. The molecule has 1 fully saturated rings. The van der Waals surface area contributed by atoms with E-state index in [-0.39, 0.29) is 5.04 Å². The second-order valence-corrected chi connectivity index (χ2v) is 12.7. The van der Waals surface area contributed by atoms with Gasteiger partial charge in [0.2, 0.25) is 0 Å². The second-order valence-electron chi connectivity index (χ2n) is 8.78. The van der Waals surface area contributed by atoms with Crippen molar-refractivity contribution in [2.75, 3.05) is 0 Å². The van der Waals surface area contributed by atoms with Crippen LogP contribution in [0.4, 0.5) is 0 Å². The molecule has 27 heavy (non-hydrogen) atoms. The lowest BCUT2D eigenvalue weighted by atomic mass is 9.77. The average molecular weight is 378 g/mol. The molecule has 1 N–H and O–H groups in total. The van der Waals surface area contributed by atoms with Crippen LogP contribution in [0, 0.1) is 23.2 Å². The molecule has 142 valence electrons. The third kappa shape index (κ3) is 4.18. The number of rotatable bonds is 6. The molecule has 0 radical (unpaired) electrons. The number of hydrogen-bond donors (Lipinski definition) is 1. The van der Waals surface area contributed by atoms with Gasteiger partial charge in [0, 0.05) is 6.42 Å². The summed E-state index contributed by atoms with van der Waals surface area (Å²) >= 11 is 0. The molecule has 2 aromatic rings. The fourth-order valence-electron chi connectivity index (χ4n) is 4.95. The number of nitrogens with zero attached hydrogens (tertiary/aromatic N) is 1. The summed E-state index contributed by atoms with van der Waals surface area (Å²) < 4.78 is 0. The molecule has 0 bridgehead atoms. The van der Waals surface area contributed by atoms with Gasteiger partial charge < -0.3 is 4.80 Å². The molecule has 3 rings (SSSR count). The van der Waals surface area contributed by atoms with Crippen LogP contribution in [0.3, 0.4) is 0 Å². The molecule has 0 saturated heterocycles. The van der Waals surface area contributed by atoms with E-state index in [1.807, 2.05) is 36.4 Å². The summed E-state index contributed by atoms with van der Waals surface area (Å²) in [6.45, 7) is 4.53. The van der Waals surface area contributed by atoms with Gasteiger partial charge in [-0.1, -0.05) is 87.4 Å². The Morgan fingerprint density at radius 1 is 0.889 bits per heavy atom. The third-order valence-corrected chi connectivity index (χ3v) is 11.0. The highest BCUT2D eigenvalue weighted by atomic mass is 28.4. The van der Waals surface area contributed by atoms with Gasteiger partial charge in [0.15, 0.2) is 0 Å². The van der Waals surface area contributed by atoms with Crippen molar-refractivity contribution in [1.82, 2.24) is 0 Å². The summed E-state index contributed by atoms with van der Waals surface area (Å²) in [7, 11) is -2.90. The highest BCUT2D eigenvalue weighted by Crippen LogP contribution is 2.45. The van der Waals surface area contributed by atoms with Crippen molar-refractivity contribution in [1.29, 1.82) is 5.26 Å². The Hall–Kier alpha value is -1.89. The van der Waals surface area contributed by atoms with Crippen molar-refractivity contribution in [3.05, 3.63) is 60.7 Å². The van der Waals surface area contributed by atoms with Crippen molar-refractivity contribution in [2.45, 2.75) is 57.4 Å². The summed E-state index contributed by atoms with van der Waals surface area (Å²) in [4.78, 5) is 12.2. The molecule has 0 unspecified atom stereocenters. The molecule has 0 aromatic heterocycles. The van der Waals surface area contributed by atoms with Crippen LogP contribution in [0.1, 0.15) is 52.4 Å².